The van der Waals surface area contributed by atoms with Gasteiger partial charge in [-0.05, 0) is 24.3 Å². The number of anilines is 1. The standard InChI is InChI=1S/C19H17N7/c1-25-12-14(10-23-25)17-11-22-19-18(21-7-8-26(17)19)24-15-4-5-16-13(9-15)3-2-6-20-16/h2-10,12,17H,11H2,1H3,(H,21,24). The number of pyridine rings is 1. The number of benzene rings is 1. The van der Waals surface area contributed by atoms with Crippen LogP contribution < -0.4 is 5.32 Å². The highest BCUT2D eigenvalue weighted by molar-refractivity contribution is 6.45. The van der Waals surface area contributed by atoms with Gasteiger partial charge in [0.25, 0.3) is 0 Å². The summed E-state index contributed by atoms with van der Waals surface area (Å²) < 4.78 is 1.82. The second-order valence-electron chi connectivity index (χ2n) is 6.35. The Morgan fingerprint density at radius 1 is 1.23 bits per heavy atom. The van der Waals surface area contributed by atoms with Crippen molar-refractivity contribution < 1.29 is 0 Å². The van der Waals surface area contributed by atoms with Crippen molar-refractivity contribution in [2.24, 2.45) is 17.0 Å². The van der Waals surface area contributed by atoms with Crippen molar-refractivity contribution in [1.82, 2.24) is 19.7 Å². The van der Waals surface area contributed by atoms with Crippen molar-refractivity contribution in [3.8, 4) is 0 Å². The van der Waals surface area contributed by atoms with Crippen LogP contribution in [0.2, 0.25) is 0 Å². The number of rotatable bonds is 2. The summed E-state index contributed by atoms with van der Waals surface area (Å²) in [5.74, 6) is 1.61. The van der Waals surface area contributed by atoms with Gasteiger partial charge in [-0.2, -0.15) is 5.10 Å². The smallest absolute Gasteiger partial charge is 0.173 e. The molecule has 0 bridgehead atoms. The predicted octanol–water partition coefficient (Wildman–Crippen LogP) is 2.72. The Labute approximate surface area is 150 Å². The number of nitrogens with zero attached hydrogens (tertiary/aromatic N) is 6. The van der Waals surface area contributed by atoms with Crippen LogP contribution in [0, 0.1) is 0 Å². The first-order chi connectivity index (χ1) is 12.8. The molecule has 0 amide bonds. The van der Waals surface area contributed by atoms with Crippen LogP contribution in [0.5, 0.6) is 0 Å². The number of aryl methyl sites for hydroxylation is 1. The number of amidine groups is 2. The summed E-state index contributed by atoms with van der Waals surface area (Å²) in [5.41, 5.74) is 3.08. The lowest BCUT2D eigenvalue weighted by Crippen LogP contribution is -2.37. The molecule has 1 unspecified atom stereocenters. The van der Waals surface area contributed by atoms with Crippen molar-refractivity contribution in [2.45, 2.75) is 6.04 Å². The maximum atomic E-state index is 4.71. The van der Waals surface area contributed by atoms with E-state index in [0.717, 1.165) is 33.8 Å². The second kappa shape index (κ2) is 5.80. The molecule has 7 heteroatoms. The Morgan fingerprint density at radius 3 is 3.08 bits per heavy atom. The molecule has 1 atom stereocenters. The molecule has 5 rings (SSSR count). The minimum Gasteiger partial charge on any atom is -0.337 e. The molecule has 1 N–H and O–H groups in total. The number of hydrogen-bond donors (Lipinski definition) is 1. The zero-order chi connectivity index (χ0) is 17.5. The Hall–Kier alpha value is -3.48. The average molecular weight is 343 g/mol. The largest absolute Gasteiger partial charge is 0.337 e. The van der Waals surface area contributed by atoms with E-state index in [0.29, 0.717) is 6.54 Å². The third-order valence-corrected chi connectivity index (χ3v) is 4.61. The van der Waals surface area contributed by atoms with Crippen molar-refractivity contribution in [3.05, 3.63) is 66.9 Å². The molecule has 2 aliphatic rings. The van der Waals surface area contributed by atoms with E-state index >= 15 is 0 Å². The summed E-state index contributed by atoms with van der Waals surface area (Å²) in [4.78, 5) is 15.7. The lowest BCUT2D eigenvalue weighted by atomic mass is 10.1. The highest BCUT2D eigenvalue weighted by Gasteiger charge is 2.32. The summed E-state index contributed by atoms with van der Waals surface area (Å²) in [6, 6.07) is 10.2. The molecule has 0 radical (unpaired) electrons. The maximum Gasteiger partial charge on any atom is 0.173 e. The normalized spacial score (nSPS) is 18.7. The molecular weight excluding hydrogens is 326 g/mol. The fourth-order valence-electron chi connectivity index (χ4n) is 3.36. The van der Waals surface area contributed by atoms with E-state index in [1.54, 1.807) is 12.4 Å². The molecule has 2 aromatic heterocycles. The van der Waals surface area contributed by atoms with Crippen LogP contribution >= 0.6 is 0 Å². The fourth-order valence-corrected chi connectivity index (χ4v) is 3.36. The lowest BCUT2D eigenvalue weighted by Gasteiger charge is -2.26. The van der Waals surface area contributed by atoms with E-state index in [4.69, 9.17) is 4.99 Å². The van der Waals surface area contributed by atoms with Gasteiger partial charge in [-0.3, -0.25) is 14.7 Å². The van der Waals surface area contributed by atoms with Gasteiger partial charge in [0.1, 0.15) is 0 Å². The van der Waals surface area contributed by atoms with Gasteiger partial charge in [0.05, 0.1) is 24.3 Å². The third-order valence-electron chi connectivity index (χ3n) is 4.61. The van der Waals surface area contributed by atoms with Gasteiger partial charge in [0, 0.05) is 48.5 Å². The topological polar surface area (TPSA) is 70.7 Å². The van der Waals surface area contributed by atoms with Gasteiger partial charge in [0.2, 0.25) is 0 Å². The van der Waals surface area contributed by atoms with E-state index in [1.165, 1.54) is 0 Å². The Balaban J connectivity index is 1.41. The Kier molecular flexibility index (Phi) is 3.31. The molecule has 2 aliphatic heterocycles. The van der Waals surface area contributed by atoms with Gasteiger partial charge in [-0.25, -0.2) is 4.99 Å². The Bertz CT molecular complexity index is 1080. The van der Waals surface area contributed by atoms with Crippen LogP contribution in [0.4, 0.5) is 5.69 Å². The molecule has 3 aromatic rings. The molecule has 4 heterocycles. The zero-order valence-electron chi connectivity index (χ0n) is 14.2. The van der Waals surface area contributed by atoms with Crippen LogP contribution in [0.15, 0.2) is 71.3 Å². The summed E-state index contributed by atoms with van der Waals surface area (Å²) in [5, 5.41) is 8.76. The van der Waals surface area contributed by atoms with E-state index in [1.807, 2.05) is 54.6 Å². The predicted molar refractivity (Wildman–Crippen MR) is 102 cm³/mol. The minimum absolute atomic E-state index is 0.156. The summed E-state index contributed by atoms with van der Waals surface area (Å²) in [7, 11) is 1.93. The van der Waals surface area contributed by atoms with Gasteiger partial charge < -0.3 is 10.2 Å². The Morgan fingerprint density at radius 2 is 2.19 bits per heavy atom. The number of hydrogen-bond acceptors (Lipinski definition) is 6. The van der Waals surface area contributed by atoms with Crippen LogP contribution in [0.3, 0.4) is 0 Å². The van der Waals surface area contributed by atoms with Crippen molar-refractivity contribution in [2.75, 3.05) is 11.9 Å². The zero-order valence-corrected chi connectivity index (χ0v) is 14.2. The number of aliphatic imine (C=N–C) groups is 2. The molecule has 26 heavy (non-hydrogen) atoms. The van der Waals surface area contributed by atoms with E-state index in [9.17, 15) is 0 Å². The fraction of sp³-hybridized carbons (Fsp3) is 0.158. The molecule has 0 fully saturated rings. The van der Waals surface area contributed by atoms with Crippen molar-refractivity contribution in [3.63, 3.8) is 0 Å². The quantitative estimate of drug-likeness (QED) is 0.777. The van der Waals surface area contributed by atoms with Crippen molar-refractivity contribution in [1.29, 1.82) is 0 Å². The number of fused-ring (bicyclic) bond motifs is 2. The summed E-state index contributed by atoms with van der Waals surface area (Å²) in [6.07, 6.45) is 9.51. The SMILES string of the molecule is Cn1cc(C2CN=C3C(Nc4ccc5ncccc5c4)=NC=CN32)cn1. The molecule has 0 spiro atoms. The first-order valence-electron chi connectivity index (χ1n) is 8.46. The highest BCUT2D eigenvalue weighted by Crippen LogP contribution is 2.29. The molecular formula is C19H17N7. The van der Waals surface area contributed by atoms with Crippen molar-refractivity contribution >= 4 is 28.3 Å². The second-order valence-corrected chi connectivity index (χ2v) is 6.35. The van der Waals surface area contributed by atoms with Crippen LogP contribution in [-0.4, -0.2) is 37.9 Å². The van der Waals surface area contributed by atoms with Crippen LogP contribution in [0.25, 0.3) is 10.9 Å². The maximum absolute atomic E-state index is 4.71. The molecule has 0 aliphatic carbocycles. The summed E-state index contributed by atoms with van der Waals surface area (Å²) in [6.45, 7) is 0.688. The average Bonchev–Trinajstić information content (AvgIpc) is 3.28. The van der Waals surface area contributed by atoms with E-state index in [2.05, 4.69) is 31.4 Å². The minimum atomic E-state index is 0.156. The van der Waals surface area contributed by atoms with Crippen LogP contribution in [-0.2, 0) is 7.05 Å². The van der Waals surface area contributed by atoms with Gasteiger partial charge in [-0.1, -0.05) is 6.07 Å². The monoisotopic (exact) mass is 343 g/mol. The van der Waals surface area contributed by atoms with E-state index < -0.39 is 0 Å². The lowest BCUT2D eigenvalue weighted by molar-refractivity contribution is 0.458. The third kappa shape index (κ3) is 2.45. The number of aromatic nitrogens is 3. The molecule has 128 valence electrons. The van der Waals surface area contributed by atoms with Crippen LogP contribution in [0.1, 0.15) is 11.6 Å². The molecule has 0 saturated carbocycles. The molecule has 7 nitrogen and oxygen atoms in total. The van der Waals surface area contributed by atoms with Gasteiger partial charge in [0.15, 0.2) is 11.7 Å². The number of nitrogens with one attached hydrogen (secondary N) is 1. The first-order valence-corrected chi connectivity index (χ1v) is 8.46. The van der Waals surface area contributed by atoms with E-state index in [-0.39, 0.29) is 6.04 Å². The van der Waals surface area contributed by atoms with Gasteiger partial charge in [-0.15, -0.1) is 0 Å². The van der Waals surface area contributed by atoms with Gasteiger partial charge >= 0.3 is 0 Å². The summed E-state index contributed by atoms with van der Waals surface area (Å²) >= 11 is 0. The molecule has 0 saturated heterocycles. The first kappa shape index (κ1) is 14.8. The highest BCUT2D eigenvalue weighted by atomic mass is 15.3. The molecule has 1 aromatic carbocycles.